The standard InChI is InChI=1S/C11H17N5/c1-4-8(7(2)3)16-11-9-10(13-5-12-9)14-6-15-11/h5-8H,4H2,1-3H3,(H2,12,13,14,15,16)/t8-/m1/s1. The molecule has 0 aliphatic rings. The van der Waals surface area contributed by atoms with Gasteiger partial charge < -0.3 is 10.3 Å². The van der Waals surface area contributed by atoms with Crippen molar-refractivity contribution in [1.82, 2.24) is 19.9 Å². The molecule has 2 N–H and O–H groups in total. The fraction of sp³-hybridized carbons (Fsp3) is 0.545. The van der Waals surface area contributed by atoms with E-state index in [4.69, 9.17) is 0 Å². The van der Waals surface area contributed by atoms with Crippen LogP contribution < -0.4 is 5.32 Å². The van der Waals surface area contributed by atoms with Crippen LogP contribution in [0.3, 0.4) is 0 Å². The van der Waals surface area contributed by atoms with Crippen LogP contribution in [-0.4, -0.2) is 26.0 Å². The van der Waals surface area contributed by atoms with E-state index in [1.165, 1.54) is 0 Å². The number of imidazole rings is 1. The Bertz CT molecular complexity index is 462. The van der Waals surface area contributed by atoms with Crippen LogP contribution in [0.4, 0.5) is 5.82 Å². The molecule has 2 aromatic heterocycles. The van der Waals surface area contributed by atoms with Gasteiger partial charge in [0.05, 0.1) is 6.33 Å². The lowest BCUT2D eigenvalue weighted by molar-refractivity contribution is 0.510. The number of nitrogens with zero attached hydrogens (tertiary/aromatic N) is 3. The van der Waals surface area contributed by atoms with E-state index in [9.17, 15) is 0 Å². The molecule has 16 heavy (non-hydrogen) atoms. The molecule has 0 aliphatic heterocycles. The minimum Gasteiger partial charge on any atom is -0.365 e. The van der Waals surface area contributed by atoms with E-state index in [0.717, 1.165) is 23.4 Å². The minimum absolute atomic E-state index is 0.412. The van der Waals surface area contributed by atoms with Gasteiger partial charge in [-0.15, -0.1) is 0 Å². The van der Waals surface area contributed by atoms with Crippen molar-refractivity contribution in [3.63, 3.8) is 0 Å². The Kier molecular flexibility index (Phi) is 3.03. The first-order valence-corrected chi connectivity index (χ1v) is 5.63. The minimum atomic E-state index is 0.412. The van der Waals surface area contributed by atoms with E-state index in [2.05, 4.69) is 46.0 Å². The number of aromatic amines is 1. The summed E-state index contributed by atoms with van der Waals surface area (Å²) in [5.41, 5.74) is 1.58. The highest BCUT2D eigenvalue weighted by Gasteiger charge is 2.14. The lowest BCUT2D eigenvalue weighted by atomic mass is 10.0. The van der Waals surface area contributed by atoms with Gasteiger partial charge in [0.1, 0.15) is 11.8 Å². The number of anilines is 1. The Morgan fingerprint density at radius 1 is 1.31 bits per heavy atom. The number of rotatable bonds is 4. The van der Waals surface area contributed by atoms with Crippen LogP contribution in [0.25, 0.3) is 11.2 Å². The highest BCUT2D eigenvalue weighted by atomic mass is 15.1. The van der Waals surface area contributed by atoms with Crippen molar-refractivity contribution in [1.29, 1.82) is 0 Å². The number of nitrogens with one attached hydrogen (secondary N) is 2. The third-order valence-corrected chi connectivity index (χ3v) is 2.78. The average Bonchev–Trinajstić information content (AvgIpc) is 2.73. The first kappa shape index (κ1) is 10.9. The molecule has 0 amide bonds. The first-order valence-electron chi connectivity index (χ1n) is 5.63. The zero-order chi connectivity index (χ0) is 11.5. The monoisotopic (exact) mass is 219 g/mol. The van der Waals surface area contributed by atoms with Gasteiger partial charge >= 0.3 is 0 Å². The van der Waals surface area contributed by atoms with Crippen LogP contribution in [0, 0.1) is 5.92 Å². The second-order valence-corrected chi connectivity index (χ2v) is 4.23. The predicted molar refractivity (Wildman–Crippen MR) is 64.2 cm³/mol. The molecule has 5 heteroatoms. The highest BCUT2D eigenvalue weighted by molar-refractivity contribution is 5.82. The molecule has 0 spiro atoms. The van der Waals surface area contributed by atoms with Crippen molar-refractivity contribution < 1.29 is 0 Å². The molecular formula is C11H17N5. The van der Waals surface area contributed by atoms with Crippen molar-refractivity contribution in [3.8, 4) is 0 Å². The third kappa shape index (κ3) is 1.98. The largest absolute Gasteiger partial charge is 0.365 e. The number of hydrogen-bond donors (Lipinski definition) is 2. The molecule has 0 saturated heterocycles. The second kappa shape index (κ2) is 4.47. The van der Waals surface area contributed by atoms with Crippen LogP contribution in [0.15, 0.2) is 12.7 Å². The Morgan fingerprint density at radius 3 is 2.81 bits per heavy atom. The van der Waals surface area contributed by atoms with Crippen molar-refractivity contribution >= 4 is 17.0 Å². The van der Waals surface area contributed by atoms with Crippen molar-refractivity contribution in [2.24, 2.45) is 5.92 Å². The maximum atomic E-state index is 4.24. The summed E-state index contributed by atoms with van der Waals surface area (Å²) in [4.78, 5) is 15.6. The van der Waals surface area contributed by atoms with Gasteiger partial charge in [0.25, 0.3) is 0 Å². The summed E-state index contributed by atoms with van der Waals surface area (Å²) in [5.74, 6) is 1.38. The van der Waals surface area contributed by atoms with E-state index in [1.54, 1.807) is 12.7 Å². The number of hydrogen-bond acceptors (Lipinski definition) is 4. The quantitative estimate of drug-likeness (QED) is 0.827. The summed E-state index contributed by atoms with van der Waals surface area (Å²) >= 11 is 0. The van der Waals surface area contributed by atoms with Crippen LogP contribution in [0.1, 0.15) is 27.2 Å². The molecular weight excluding hydrogens is 202 g/mol. The van der Waals surface area contributed by atoms with Gasteiger partial charge in [0.15, 0.2) is 11.5 Å². The van der Waals surface area contributed by atoms with E-state index in [-0.39, 0.29) is 0 Å². The summed E-state index contributed by atoms with van der Waals surface area (Å²) in [6.07, 6.45) is 4.25. The molecule has 0 fully saturated rings. The normalized spacial score (nSPS) is 13.2. The summed E-state index contributed by atoms with van der Waals surface area (Å²) in [7, 11) is 0. The fourth-order valence-electron chi connectivity index (χ4n) is 1.79. The van der Waals surface area contributed by atoms with Gasteiger partial charge in [-0.25, -0.2) is 15.0 Å². The van der Waals surface area contributed by atoms with Crippen LogP contribution >= 0.6 is 0 Å². The molecule has 0 radical (unpaired) electrons. The number of aromatic nitrogens is 4. The zero-order valence-corrected chi connectivity index (χ0v) is 9.86. The SMILES string of the molecule is CC[C@@H](Nc1ncnc2[nH]cnc12)C(C)C. The Labute approximate surface area is 94.7 Å². The lowest BCUT2D eigenvalue weighted by Gasteiger charge is -2.21. The highest BCUT2D eigenvalue weighted by Crippen LogP contribution is 2.18. The first-order chi connectivity index (χ1) is 7.72. The van der Waals surface area contributed by atoms with Gasteiger partial charge in [0, 0.05) is 6.04 Å². The Balaban J connectivity index is 2.29. The van der Waals surface area contributed by atoms with Crippen LogP contribution in [-0.2, 0) is 0 Å². The van der Waals surface area contributed by atoms with Gasteiger partial charge in [-0.1, -0.05) is 20.8 Å². The van der Waals surface area contributed by atoms with E-state index >= 15 is 0 Å². The molecule has 2 heterocycles. The maximum absolute atomic E-state index is 4.24. The van der Waals surface area contributed by atoms with Gasteiger partial charge in [-0.05, 0) is 12.3 Å². The molecule has 86 valence electrons. The summed E-state index contributed by atoms with van der Waals surface area (Å²) < 4.78 is 0. The van der Waals surface area contributed by atoms with Gasteiger partial charge in [0.2, 0.25) is 0 Å². The fourth-order valence-corrected chi connectivity index (χ4v) is 1.79. The van der Waals surface area contributed by atoms with Crippen LogP contribution in [0.2, 0.25) is 0 Å². The summed E-state index contributed by atoms with van der Waals surface area (Å²) in [6, 6.07) is 0.412. The molecule has 5 nitrogen and oxygen atoms in total. The smallest absolute Gasteiger partial charge is 0.162 e. The van der Waals surface area contributed by atoms with E-state index in [1.807, 2.05) is 0 Å². The van der Waals surface area contributed by atoms with E-state index < -0.39 is 0 Å². The third-order valence-electron chi connectivity index (χ3n) is 2.78. The Morgan fingerprint density at radius 2 is 2.12 bits per heavy atom. The number of fused-ring (bicyclic) bond motifs is 1. The lowest BCUT2D eigenvalue weighted by Crippen LogP contribution is -2.25. The summed E-state index contributed by atoms with van der Waals surface area (Å²) in [6.45, 7) is 6.56. The van der Waals surface area contributed by atoms with Gasteiger partial charge in [-0.3, -0.25) is 0 Å². The summed E-state index contributed by atoms with van der Waals surface area (Å²) in [5, 5.41) is 3.42. The average molecular weight is 219 g/mol. The predicted octanol–water partition coefficient (Wildman–Crippen LogP) is 2.20. The molecule has 1 atom stereocenters. The van der Waals surface area contributed by atoms with Crippen molar-refractivity contribution in [2.75, 3.05) is 5.32 Å². The van der Waals surface area contributed by atoms with Crippen LogP contribution in [0.5, 0.6) is 0 Å². The van der Waals surface area contributed by atoms with Gasteiger partial charge in [-0.2, -0.15) is 0 Å². The molecule has 0 bridgehead atoms. The topological polar surface area (TPSA) is 66.5 Å². The van der Waals surface area contributed by atoms with Crippen molar-refractivity contribution in [2.45, 2.75) is 33.2 Å². The molecule has 2 aromatic rings. The second-order valence-electron chi connectivity index (χ2n) is 4.23. The molecule has 2 rings (SSSR count). The Hall–Kier alpha value is -1.65. The molecule has 0 unspecified atom stereocenters. The molecule has 0 saturated carbocycles. The maximum Gasteiger partial charge on any atom is 0.162 e. The zero-order valence-electron chi connectivity index (χ0n) is 9.86. The number of H-pyrrole nitrogens is 1. The molecule has 0 aromatic carbocycles. The van der Waals surface area contributed by atoms with E-state index in [0.29, 0.717) is 12.0 Å². The van der Waals surface area contributed by atoms with Crippen molar-refractivity contribution in [3.05, 3.63) is 12.7 Å². The molecule has 0 aliphatic carbocycles.